The Morgan fingerprint density at radius 1 is 1.00 bits per heavy atom. The van der Waals surface area contributed by atoms with Crippen LogP contribution in [0.5, 0.6) is 0 Å². The number of nitrogens with zero attached hydrogens (tertiary/aromatic N) is 5. The third-order valence-electron chi connectivity index (χ3n) is 9.32. The fourth-order valence-electron chi connectivity index (χ4n) is 6.56. The Morgan fingerprint density at radius 3 is 2.36 bits per heavy atom. The molecule has 1 atom stereocenters. The van der Waals surface area contributed by atoms with E-state index in [1.807, 2.05) is 11.2 Å². The summed E-state index contributed by atoms with van der Waals surface area (Å²) in [5, 5.41) is 7.30. The Hall–Kier alpha value is -2.04. The number of aromatic nitrogens is 4. The fraction of sp³-hybridized carbons (Fsp3) is 0.800. The van der Waals surface area contributed by atoms with E-state index in [0.717, 1.165) is 68.3 Å². The lowest BCUT2D eigenvalue weighted by atomic mass is 9.92. The molecule has 2 saturated carbocycles. The van der Waals surface area contributed by atoms with Crippen LogP contribution in [0.4, 0.5) is 16.6 Å². The van der Waals surface area contributed by atoms with Crippen molar-refractivity contribution in [3.05, 3.63) is 6.33 Å². The molecule has 0 radical (unpaired) electrons. The van der Waals surface area contributed by atoms with Gasteiger partial charge in [0.05, 0.1) is 12.9 Å². The third-order valence-corrected chi connectivity index (χ3v) is 9.32. The van der Waals surface area contributed by atoms with Crippen LogP contribution >= 0.6 is 24.8 Å². The molecule has 3 aliphatic rings. The number of amides is 1. The summed E-state index contributed by atoms with van der Waals surface area (Å²) in [5.41, 5.74) is 7.88. The first kappa shape index (κ1) is 34.5. The lowest BCUT2D eigenvalue weighted by Crippen LogP contribution is -2.43. The van der Waals surface area contributed by atoms with Crippen LogP contribution in [0.15, 0.2) is 6.33 Å². The maximum Gasteiger partial charge on any atom is 0.409 e. The largest absolute Gasteiger partial charge is 0.449 e. The van der Waals surface area contributed by atoms with Gasteiger partial charge in [-0.3, -0.25) is 0 Å². The number of hydrogen-bond acceptors (Lipinski definition) is 8. The number of imidazole rings is 1. The molecule has 3 fully saturated rings. The number of likely N-dealkylation sites (tertiary alicyclic amines) is 1. The molecule has 2 aromatic rings. The molecule has 0 bridgehead atoms. The fourth-order valence-corrected chi connectivity index (χ4v) is 6.56. The molecule has 2 aliphatic carbocycles. The molecule has 10 nitrogen and oxygen atoms in total. The Balaban J connectivity index is 0.00000242. The van der Waals surface area contributed by atoms with E-state index in [9.17, 15) is 4.79 Å². The van der Waals surface area contributed by atoms with Gasteiger partial charge in [-0.05, 0) is 63.7 Å². The number of halogens is 2. The van der Waals surface area contributed by atoms with E-state index >= 15 is 0 Å². The molecular formula is C30H52Cl2N8O2. The first-order valence-corrected chi connectivity index (χ1v) is 16.0. The van der Waals surface area contributed by atoms with Gasteiger partial charge < -0.3 is 30.6 Å². The molecule has 3 heterocycles. The first-order chi connectivity index (χ1) is 19.5. The van der Waals surface area contributed by atoms with Gasteiger partial charge in [0.1, 0.15) is 0 Å². The molecule has 1 unspecified atom stereocenters. The van der Waals surface area contributed by atoms with Gasteiger partial charge in [0.15, 0.2) is 17.0 Å². The van der Waals surface area contributed by atoms with Crippen LogP contribution in [-0.2, 0) is 4.74 Å². The van der Waals surface area contributed by atoms with Crippen molar-refractivity contribution in [2.24, 2.45) is 11.7 Å². The van der Waals surface area contributed by atoms with E-state index in [2.05, 4.69) is 29.0 Å². The van der Waals surface area contributed by atoms with E-state index in [0.29, 0.717) is 49.7 Å². The Bertz CT molecular complexity index is 1100. The number of piperidine rings is 1. The Labute approximate surface area is 263 Å². The third kappa shape index (κ3) is 8.76. The standard InChI is InChI=1S/C30H50N8O2.2ClH/c1-3-5-8-21(4-2)19-40-30(39)37-17-15-24(16-18-37)33-27-26-28(38(20-32-26)25-9-6-7-10-25)36-29(35-27)34-23-13-11-22(31)12-14-23;;/h20-25H,3-19,31H2,1-2H3,(H2,33,34,35,36);2*1H/t21?,22-,23-;;. The van der Waals surface area contributed by atoms with E-state index in [1.165, 1.54) is 38.5 Å². The van der Waals surface area contributed by atoms with Gasteiger partial charge >= 0.3 is 6.09 Å². The SMILES string of the molecule is CCCCC(CC)COC(=O)N1CCC(Nc2nc(N[C@H]3CC[C@H](N)CC3)nc3c2ncn3C2CCCC2)CC1.Cl.Cl. The van der Waals surface area contributed by atoms with Crippen molar-refractivity contribution >= 4 is 53.8 Å². The highest BCUT2D eigenvalue weighted by Crippen LogP contribution is 2.34. The monoisotopic (exact) mass is 626 g/mol. The van der Waals surface area contributed by atoms with E-state index in [1.54, 1.807) is 0 Å². The van der Waals surface area contributed by atoms with Crippen LogP contribution in [0.25, 0.3) is 11.2 Å². The van der Waals surface area contributed by atoms with Crippen LogP contribution in [0.1, 0.15) is 110 Å². The average molecular weight is 628 g/mol. The van der Waals surface area contributed by atoms with Gasteiger partial charge in [0, 0.05) is 37.3 Å². The number of carbonyl (C=O) groups is 1. The molecule has 1 saturated heterocycles. The molecule has 5 rings (SSSR count). The summed E-state index contributed by atoms with van der Waals surface area (Å²) in [5.74, 6) is 1.92. The molecule has 42 heavy (non-hydrogen) atoms. The number of ether oxygens (including phenoxy) is 1. The summed E-state index contributed by atoms with van der Waals surface area (Å²) in [6.45, 7) is 6.27. The summed E-state index contributed by atoms with van der Waals surface area (Å²) in [6, 6.07) is 1.32. The molecule has 1 amide bonds. The summed E-state index contributed by atoms with van der Waals surface area (Å²) < 4.78 is 7.97. The molecular weight excluding hydrogens is 575 g/mol. The van der Waals surface area contributed by atoms with E-state index in [4.69, 9.17) is 25.4 Å². The summed E-state index contributed by atoms with van der Waals surface area (Å²) in [6.07, 6.45) is 17.0. The van der Waals surface area contributed by atoms with Gasteiger partial charge in [-0.15, -0.1) is 24.8 Å². The number of rotatable bonds is 11. The number of carbonyl (C=O) groups excluding carboxylic acids is 1. The van der Waals surface area contributed by atoms with Crippen molar-refractivity contribution in [1.29, 1.82) is 0 Å². The van der Waals surface area contributed by atoms with Crippen molar-refractivity contribution in [3.8, 4) is 0 Å². The van der Waals surface area contributed by atoms with Crippen molar-refractivity contribution < 1.29 is 9.53 Å². The van der Waals surface area contributed by atoms with Crippen LogP contribution < -0.4 is 16.4 Å². The minimum Gasteiger partial charge on any atom is -0.449 e. The van der Waals surface area contributed by atoms with E-state index < -0.39 is 0 Å². The molecule has 4 N–H and O–H groups in total. The number of nitrogens with two attached hydrogens (primary N) is 1. The normalized spacial score (nSPS) is 22.3. The summed E-state index contributed by atoms with van der Waals surface area (Å²) in [7, 11) is 0. The van der Waals surface area contributed by atoms with Crippen LogP contribution in [0.2, 0.25) is 0 Å². The number of anilines is 2. The van der Waals surface area contributed by atoms with Gasteiger partial charge in [0.25, 0.3) is 0 Å². The second-order valence-electron chi connectivity index (χ2n) is 12.3. The van der Waals surface area contributed by atoms with Crippen molar-refractivity contribution in [2.75, 3.05) is 30.3 Å². The van der Waals surface area contributed by atoms with Crippen molar-refractivity contribution in [1.82, 2.24) is 24.4 Å². The predicted octanol–water partition coefficient (Wildman–Crippen LogP) is 6.70. The minimum absolute atomic E-state index is 0. The number of fused-ring (bicyclic) bond motifs is 1. The summed E-state index contributed by atoms with van der Waals surface area (Å²) in [4.78, 5) is 29.3. The minimum atomic E-state index is -0.174. The van der Waals surface area contributed by atoms with Gasteiger partial charge in [0.2, 0.25) is 5.95 Å². The maximum absolute atomic E-state index is 12.7. The van der Waals surface area contributed by atoms with Crippen LogP contribution in [0.3, 0.4) is 0 Å². The zero-order chi connectivity index (χ0) is 27.9. The zero-order valence-electron chi connectivity index (χ0n) is 25.4. The predicted molar refractivity (Wildman–Crippen MR) is 174 cm³/mol. The molecule has 0 spiro atoms. The van der Waals surface area contributed by atoms with Gasteiger partial charge in [-0.2, -0.15) is 9.97 Å². The second kappa shape index (κ2) is 16.7. The smallest absolute Gasteiger partial charge is 0.409 e. The molecule has 1 aliphatic heterocycles. The molecule has 2 aromatic heterocycles. The average Bonchev–Trinajstić information content (AvgIpc) is 3.65. The van der Waals surface area contributed by atoms with Crippen LogP contribution in [-0.4, -0.2) is 68.3 Å². The van der Waals surface area contributed by atoms with E-state index in [-0.39, 0.29) is 36.9 Å². The molecule has 12 heteroatoms. The number of unbranched alkanes of at least 4 members (excludes halogenated alkanes) is 1. The Morgan fingerprint density at radius 2 is 1.69 bits per heavy atom. The highest BCUT2D eigenvalue weighted by Gasteiger charge is 2.28. The number of hydrogen-bond donors (Lipinski definition) is 3. The van der Waals surface area contributed by atoms with Crippen molar-refractivity contribution in [3.63, 3.8) is 0 Å². The molecule has 238 valence electrons. The summed E-state index contributed by atoms with van der Waals surface area (Å²) >= 11 is 0. The lowest BCUT2D eigenvalue weighted by molar-refractivity contribution is 0.0779. The van der Waals surface area contributed by atoms with Gasteiger partial charge in [-0.1, -0.05) is 46.0 Å². The van der Waals surface area contributed by atoms with Crippen molar-refractivity contribution in [2.45, 2.75) is 128 Å². The quantitative estimate of drug-likeness (QED) is 0.252. The van der Waals surface area contributed by atoms with Crippen LogP contribution in [0, 0.1) is 5.92 Å². The maximum atomic E-state index is 12.7. The highest BCUT2D eigenvalue weighted by atomic mass is 35.5. The lowest BCUT2D eigenvalue weighted by Gasteiger charge is -2.32. The topological polar surface area (TPSA) is 123 Å². The zero-order valence-corrected chi connectivity index (χ0v) is 27.1. The first-order valence-electron chi connectivity index (χ1n) is 16.0. The Kier molecular flexibility index (Phi) is 13.7. The number of nitrogens with one attached hydrogen (secondary N) is 2. The van der Waals surface area contributed by atoms with Gasteiger partial charge in [-0.25, -0.2) is 9.78 Å². The highest BCUT2D eigenvalue weighted by molar-refractivity contribution is 5.86. The molecule has 0 aromatic carbocycles. The second-order valence-corrected chi connectivity index (χ2v) is 12.3.